The van der Waals surface area contributed by atoms with Crippen molar-refractivity contribution in [1.82, 2.24) is 4.90 Å². The smallest absolute Gasteiger partial charge is 0.262 e. The second-order valence-corrected chi connectivity index (χ2v) is 12.8. The summed E-state index contributed by atoms with van der Waals surface area (Å²) in [6.45, 7) is 1.03. The number of likely N-dealkylation sites (tertiary alicyclic amines) is 1. The van der Waals surface area contributed by atoms with E-state index in [4.69, 9.17) is 4.74 Å². The van der Waals surface area contributed by atoms with E-state index in [2.05, 4.69) is 21.2 Å². The van der Waals surface area contributed by atoms with Gasteiger partial charge in [-0.1, -0.05) is 52.3 Å². The molecule has 2 saturated heterocycles. The molecular formula is C28H29BrN2O5S. The van der Waals surface area contributed by atoms with Gasteiger partial charge >= 0.3 is 0 Å². The van der Waals surface area contributed by atoms with Gasteiger partial charge in [-0.15, -0.1) is 0 Å². The summed E-state index contributed by atoms with van der Waals surface area (Å²) >= 11 is 3.54. The summed E-state index contributed by atoms with van der Waals surface area (Å²) in [7, 11) is -3.28. The molecule has 2 amide bonds. The zero-order valence-corrected chi connectivity index (χ0v) is 22.8. The van der Waals surface area contributed by atoms with Crippen molar-refractivity contribution < 1.29 is 22.7 Å². The van der Waals surface area contributed by atoms with E-state index in [-0.39, 0.29) is 24.2 Å². The van der Waals surface area contributed by atoms with E-state index >= 15 is 0 Å². The van der Waals surface area contributed by atoms with Crippen LogP contribution in [-0.4, -0.2) is 55.8 Å². The number of hydrogen-bond acceptors (Lipinski definition) is 5. The summed E-state index contributed by atoms with van der Waals surface area (Å²) in [6.07, 6.45) is 2.60. The van der Waals surface area contributed by atoms with Crippen molar-refractivity contribution in [3.63, 3.8) is 0 Å². The van der Waals surface area contributed by atoms with Gasteiger partial charge in [-0.3, -0.25) is 9.59 Å². The van der Waals surface area contributed by atoms with Gasteiger partial charge in [-0.05, 0) is 66.8 Å². The van der Waals surface area contributed by atoms with Crippen LogP contribution in [-0.2, 0) is 19.4 Å². The topological polar surface area (TPSA) is 92.8 Å². The Bertz CT molecular complexity index is 1420. The van der Waals surface area contributed by atoms with Crippen LogP contribution >= 0.6 is 15.9 Å². The third-order valence-electron chi connectivity index (χ3n) is 7.27. The van der Waals surface area contributed by atoms with E-state index in [1.54, 1.807) is 4.90 Å². The number of nitrogens with one attached hydrogen (secondary N) is 1. The van der Waals surface area contributed by atoms with E-state index in [0.717, 1.165) is 33.7 Å². The van der Waals surface area contributed by atoms with Crippen LogP contribution < -0.4 is 10.1 Å². The molecule has 1 atom stereocenters. The van der Waals surface area contributed by atoms with Crippen LogP contribution in [0.15, 0.2) is 65.1 Å². The van der Waals surface area contributed by atoms with Crippen LogP contribution in [0.5, 0.6) is 5.75 Å². The Balaban J connectivity index is 1.13. The van der Waals surface area contributed by atoms with Crippen LogP contribution in [0.3, 0.4) is 0 Å². The first kappa shape index (κ1) is 25.7. The third-order valence-corrected chi connectivity index (χ3v) is 10.1. The number of amides is 2. The van der Waals surface area contributed by atoms with Crippen molar-refractivity contribution in [3.05, 3.63) is 70.7 Å². The standard InChI is InChI=1S/C28H29BrN2O5S/c29-24-11-12-25(23-5-2-1-4-22(23)24)36-18-27(32)30-21-9-7-19(8-10-21)20-13-15-31(16-14-20)28(33)26-6-3-17-37(26,34)35/h1-2,4-5,7-12,20,26H,3,6,13-18H2,(H,30,32). The van der Waals surface area contributed by atoms with Crippen LogP contribution in [0.4, 0.5) is 5.69 Å². The number of rotatable bonds is 6. The molecule has 3 aromatic carbocycles. The number of piperidine rings is 1. The van der Waals surface area contributed by atoms with Gasteiger partial charge in [0.1, 0.15) is 11.0 Å². The van der Waals surface area contributed by atoms with Gasteiger partial charge < -0.3 is 15.0 Å². The monoisotopic (exact) mass is 584 g/mol. The highest BCUT2D eigenvalue weighted by molar-refractivity contribution is 9.10. The molecule has 0 radical (unpaired) electrons. The largest absolute Gasteiger partial charge is 0.483 e. The number of nitrogens with zero attached hydrogens (tertiary/aromatic N) is 1. The van der Waals surface area contributed by atoms with E-state index in [1.165, 1.54) is 0 Å². The van der Waals surface area contributed by atoms with Gasteiger partial charge in [-0.25, -0.2) is 8.42 Å². The maximum atomic E-state index is 12.7. The predicted molar refractivity (Wildman–Crippen MR) is 148 cm³/mol. The van der Waals surface area contributed by atoms with Crippen molar-refractivity contribution in [2.45, 2.75) is 36.9 Å². The Morgan fingerprint density at radius 3 is 2.32 bits per heavy atom. The number of hydrogen-bond donors (Lipinski definition) is 1. The average molecular weight is 586 g/mol. The van der Waals surface area contributed by atoms with E-state index in [9.17, 15) is 18.0 Å². The molecule has 194 valence electrons. The number of benzene rings is 3. The first-order chi connectivity index (χ1) is 17.8. The number of sulfone groups is 1. The first-order valence-electron chi connectivity index (χ1n) is 12.5. The minimum atomic E-state index is -3.28. The molecule has 0 saturated carbocycles. The summed E-state index contributed by atoms with van der Waals surface area (Å²) in [5, 5.41) is 3.99. The summed E-state index contributed by atoms with van der Waals surface area (Å²) < 4.78 is 31.0. The van der Waals surface area contributed by atoms with Gasteiger partial charge in [0.05, 0.1) is 5.75 Å². The van der Waals surface area contributed by atoms with Crippen molar-refractivity contribution >= 4 is 54.0 Å². The van der Waals surface area contributed by atoms with Crippen LogP contribution in [0, 0.1) is 0 Å². The van der Waals surface area contributed by atoms with Crippen molar-refractivity contribution in [2.75, 3.05) is 30.8 Å². The summed E-state index contributed by atoms with van der Waals surface area (Å²) in [4.78, 5) is 26.9. The molecule has 37 heavy (non-hydrogen) atoms. The lowest BCUT2D eigenvalue weighted by molar-refractivity contribution is -0.131. The number of carbonyl (C=O) groups excluding carboxylic acids is 2. The molecule has 1 unspecified atom stereocenters. The van der Waals surface area contributed by atoms with E-state index in [0.29, 0.717) is 43.3 Å². The molecule has 0 aliphatic carbocycles. The molecule has 0 aromatic heterocycles. The number of halogens is 1. The maximum Gasteiger partial charge on any atom is 0.262 e. The molecule has 2 aliphatic heterocycles. The van der Waals surface area contributed by atoms with Gasteiger partial charge in [0.25, 0.3) is 5.91 Å². The van der Waals surface area contributed by atoms with Crippen molar-refractivity contribution in [3.8, 4) is 5.75 Å². The summed E-state index contributed by atoms with van der Waals surface area (Å²) in [5.74, 6) is 0.596. The number of anilines is 1. The molecule has 0 bridgehead atoms. The highest BCUT2D eigenvalue weighted by Gasteiger charge is 2.40. The molecule has 9 heteroatoms. The zero-order chi connectivity index (χ0) is 26.0. The first-order valence-corrected chi connectivity index (χ1v) is 15.0. The molecule has 2 fully saturated rings. The quantitative estimate of drug-likeness (QED) is 0.444. The molecule has 0 spiro atoms. The molecular weight excluding hydrogens is 556 g/mol. The Labute approximate surface area is 225 Å². The zero-order valence-electron chi connectivity index (χ0n) is 20.4. The Hall–Kier alpha value is -2.91. The second kappa shape index (κ2) is 10.8. The predicted octanol–water partition coefficient (Wildman–Crippen LogP) is 4.90. The maximum absolute atomic E-state index is 12.7. The Morgan fingerprint density at radius 2 is 1.65 bits per heavy atom. The Morgan fingerprint density at radius 1 is 0.946 bits per heavy atom. The van der Waals surface area contributed by atoms with Gasteiger partial charge in [-0.2, -0.15) is 0 Å². The van der Waals surface area contributed by atoms with Crippen LogP contribution in [0.2, 0.25) is 0 Å². The highest BCUT2D eigenvalue weighted by Crippen LogP contribution is 2.32. The van der Waals surface area contributed by atoms with Gasteiger partial charge in [0.2, 0.25) is 5.91 Å². The van der Waals surface area contributed by atoms with Crippen molar-refractivity contribution in [1.29, 1.82) is 0 Å². The lowest BCUT2D eigenvalue weighted by Crippen LogP contribution is -2.45. The summed E-state index contributed by atoms with van der Waals surface area (Å²) in [5.41, 5.74) is 1.84. The minimum absolute atomic E-state index is 0.101. The molecule has 1 N–H and O–H groups in total. The highest BCUT2D eigenvalue weighted by atomic mass is 79.9. The van der Waals surface area contributed by atoms with Gasteiger partial charge in [0.15, 0.2) is 16.4 Å². The summed E-state index contributed by atoms with van der Waals surface area (Å²) in [6, 6.07) is 19.4. The third kappa shape index (κ3) is 5.67. The van der Waals surface area contributed by atoms with E-state index < -0.39 is 15.1 Å². The molecule has 3 aromatic rings. The molecule has 5 rings (SSSR count). The molecule has 2 aliphatic rings. The normalized spacial score (nSPS) is 19.6. The fourth-order valence-corrected chi connectivity index (χ4v) is 7.56. The minimum Gasteiger partial charge on any atom is -0.483 e. The SMILES string of the molecule is O=C(COc1ccc(Br)c2ccccc12)Nc1ccc(C2CCN(C(=O)C3CCCS3(=O)=O)CC2)cc1. The molecule has 2 heterocycles. The number of ether oxygens (including phenoxy) is 1. The van der Waals surface area contributed by atoms with Crippen molar-refractivity contribution in [2.24, 2.45) is 0 Å². The van der Waals surface area contributed by atoms with Crippen LogP contribution in [0.25, 0.3) is 10.8 Å². The van der Waals surface area contributed by atoms with E-state index in [1.807, 2.05) is 60.7 Å². The molecule has 7 nitrogen and oxygen atoms in total. The van der Waals surface area contributed by atoms with Gasteiger partial charge in [0, 0.05) is 28.6 Å². The van der Waals surface area contributed by atoms with Crippen LogP contribution in [0.1, 0.15) is 37.2 Å². The fourth-order valence-electron chi connectivity index (χ4n) is 5.25. The number of fused-ring (bicyclic) bond motifs is 1. The Kier molecular flexibility index (Phi) is 7.53. The second-order valence-electron chi connectivity index (χ2n) is 9.65. The lowest BCUT2D eigenvalue weighted by Gasteiger charge is -2.33. The lowest BCUT2D eigenvalue weighted by atomic mass is 9.89. The fraction of sp³-hybridized carbons (Fsp3) is 0.357. The average Bonchev–Trinajstić information content (AvgIpc) is 3.27. The number of carbonyl (C=O) groups is 2.